The number of amides is 3. The van der Waals surface area contributed by atoms with Gasteiger partial charge in [0, 0.05) is 5.69 Å². The Morgan fingerprint density at radius 1 is 1.31 bits per heavy atom. The summed E-state index contributed by atoms with van der Waals surface area (Å²) in [6.45, 7) is 0.372. The molecule has 0 radical (unpaired) electrons. The Balaban J connectivity index is 2.08. The molecule has 0 aromatic heterocycles. The van der Waals surface area contributed by atoms with E-state index in [1.165, 1.54) is 4.90 Å². The van der Waals surface area contributed by atoms with Gasteiger partial charge in [0.25, 0.3) is 0 Å². The van der Waals surface area contributed by atoms with E-state index < -0.39 is 0 Å². The molecule has 4 N–H and O–H groups in total. The highest BCUT2D eigenvalue weighted by Gasteiger charge is 2.28. The second kappa shape index (κ2) is 4.19. The van der Waals surface area contributed by atoms with Crippen LogP contribution in [0.1, 0.15) is 5.56 Å². The number of imide groups is 1. The van der Waals surface area contributed by atoms with E-state index in [2.05, 4.69) is 10.7 Å². The number of nitrogens with zero attached hydrogens (tertiary/aromatic N) is 1. The quantitative estimate of drug-likeness (QED) is 0.381. The summed E-state index contributed by atoms with van der Waals surface area (Å²) in [6.07, 6.45) is 0. The first kappa shape index (κ1) is 10.4. The largest absolute Gasteiger partial charge is 0.329 e. The van der Waals surface area contributed by atoms with Crippen LogP contribution in [0.4, 0.5) is 10.5 Å². The molecule has 0 bridgehead atoms. The fourth-order valence-electron chi connectivity index (χ4n) is 1.50. The van der Waals surface area contributed by atoms with Crippen molar-refractivity contribution in [2.24, 2.45) is 5.84 Å². The van der Waals surface area contributed by atoms with E-state index in [4.69, 9.17) is 5.84 Å². The molecule has 16 heavy (non-hydrogen) atoms. The first-order valence-corrected chi connectivity index (χ1v) is 4.84. The molecule has 1 aromatic rings. The molecule has 6 nitrogen and oxygen atoms in total. The highest BCUT2D eigenvalue weighted by molar-refractivity contribution is 6.01. The third-order valence-electron chi connectivity index (χ3n) is 2.40. The summed E-state index contributed by atoms with van der Waals surface area (Å²) in [6, 6.07) is 6.86. The van der Waals surface area contributed by atoms with Crippen LogP contribution in [-0.4, -0.2) is 23.4 Å². The number of rotatable bonds is 3. The van der Waals surface area contributed by atoms with Gasteiger partial charge in [-0.1, -0.05) is 12.1 Å². The standard InChI is InChI=1S/C10H12N4O2/c11-13-8-3-1-7(2-4-8)6-14-9(15)5-12-10(14)16/h1-4,13H,5-6,11H2,(H,12,16). The molecule has 1 aliphatic rings. The van der Waals surface area contributed by atoms with Crippen molar-refractivity contribution in [2.45, 2.75) is 6.54 Å². The summed E-state index contributed by atoms with van der Waals surface area (Å²) < 4.78 is 0. The van der Waals surface area contributed by atoms with Crippen LogP contribution in [0, 0.1) is 0 Å². The van der Waals surface area contributed by atoms with Crippen molar-refractivity contribution in [3.05, 3.63) is 29.8 Å². The number of nitrogens with one attached hydrogen (secondary N) is 2. The molecule has 1 aliphatic heterocycles. The molecule has 1 heterocycles. The van der Waals surface area contributed by atoms with Crippen LogP contribution in [-0.2, 0) is 11.3 Å². The van der Waals surface area contributed by atoms with Crippen LogP contribution < -0.4 is 16.6 Å². The minimum atomic E-state index is -0.342. The zero-order chi connectivity index (χ0) is 11.5. The second-order valence-electron chi connectivity index (χ2n) is 3.48. The van der Waals surface area contributed by atoms with Crippen LogP contribution in [0.15, 0.2) is 24.3 Å². The smallest absolute Gasteiger partial charge is 0.324 e. The number of carbonyl (C=O) groups is 2. The van der Waals surface area contributed by atoms with E-state index in [9.17, 15) is 9.59 Å². The molecule has 1 aromatic carbocycles. The fourth-order valence-corrected chi connectivity index (χ4v) is 1.50. The average molecular weight is 220 g/mol. The van der Waals surface area contributed by atoms with Crippen molar-refractivity contribution in [3.63, 3.8) is 0 Å². The molecule has 3 amide bonds. The molecule has 1 saturated heterocycles. The van der Waals surface area contributed by atoms with Crippen LogP contribution in [0.25, 0.3) is 0 Å². The zero-order valence-electron chi connectivity index (χ0n) is 8.56. The number of benzene rings is 1. The van der Waals surface area contributed by atoms with Gasteiger partial charge in [0.15, 0.2) is 0 Å². The van der Waals surface area contributed by atoms with Gasteiger partial charge in [0.1, 0.15) is 0 Å². The van der Waals surface area contributed by atoms with Crippen molar-refractivity contribution < 1.29 is 9.59 Å². The minimum absolute atomic E-state index is 0.0846. The minimum Gasteiger partial charge on any atom is -0.329 e. The number of hydrazine groups is 1. The number of urea groups is 1. The molecule has 84 valence electrons. The lowest BCUT2D eigenvalue weighted by molar-refractivity contribution is -0.125. The maximum absolute atomic E-state index is 11.3. The lowest BCUT2D eigenvalue weighted by atomic mass is 10.2. The van der Waals surface area contributed by atoms with Gasteiger partial charge in [-0.05, 0) is 17.7 Å². The normalized spacial score (nSPS) is 15.2. The molecule has 0 aliphatic carbocycles. The van der Waals surface area contributed by atoms with Gasteiger partial charge in [-0.15, -0.1) is 0 Å². The predicted octanol–water partition coefficient (Wildman–Crippen LogP) is 0.0240. The Morgan fingerprint density at radius 2 is 2.00 bits per heavy atom. The summed E-state index contributed by atoms with van der Waals surface area (Å²) in [7, 11) is 0. The monoisotopic (exact) mass is 220 g/mol. The molecule has 0 saturated carbocycles. The molecule has 1 fully saturated rings. The van der Waals surface area contributed by atoms with Crippen molar-refractivity contribution in [2.75, 3.05) is 12.0 Å². The number of hydrogen-bond acceptors (Lipinski definition) is 4. The summed E-state index contributed by atoms with van der Waals surface area (Å²) in [5.74, 6) is 5.03. The molecular formula is C10H12N4O2. The Bertz CT molecular complexity index is 399. The van der Waals surface area contributed by atoms with Gasteiger partial charge in [-0.25, -0.2) is 4.79 Å². The summed E-state index contributed by atoms with van der Waals surface area (Å²) in [5, 5.41) is 2.47. The molecule has 0 atom stereocenters. The van der Waals surface area contributed by atoms with Crippen LogP contribution in [0.5, 0.6) is 0 Å². The maximum atomic E-state index is 11.3. The molecule has 0 unspecified atom stereocenters. The number of nitrogens with two attached hydrogens (primary N) is 1. The Hall–Kier alpha value is -2.08. The number of hydrogen-bond donors (Lipinski definition) is 3. The van der Waals surface area contributed by atoms with Crippen LogP contribution >= 0.6 is 0 Å². The summed E-state index contributed by atoms with van der Waals surface area (Å²) in [5.41, 5.74) is 4.16. The van der Waals surface area contributed by atoms with Gasteiger partial charge in [0.05, 0.1) is 13.1 Å². The van der Waals surface area contributed by atoms with Crippen LogP contribution in [0.3, 0.4) is 0 Å². The highest BCUT2D eigenvalue weighted by Crippen LogP contribution is 2.12. The Labute approximate surface area is 92.4 Å². The lowest BCUT2D eigenvalue weighted by Crippen LogP contribution is -2.30. The topological polar surface area (TPSA) is 87.5 Å². The first-order chi connectivity index (χ1) is 7.70. The Morgan fingerprint density at radius 3 is 2.50 bits per heavy atom. The van der Waals surface area contributed by atoms with E-state index in [0.717, 1.165) is 11.3 Å². The highest BCUT2D eigenvalue weighted by atomic mass is 16.2. The van der Waals surface area contributed by atoms with Crippen LogP contribution in [0.2, 0.25) is 0 Å². The predicted molar refractivity (Wildman–Crippen MR) is 58.2 cm³/mol. The van der Waals surface area contributed by atoms with Gasteiger partial charge < -0.3 is 10.7 Å². The van der Waals surface area contributed by atoms with Gasteiger partial charge >= 0.3 is 6.03 Å². The molecular weight excluding hydrogens is 208 g/mol. The zero-order valence-corrected chi connectivity index (χ0v) is 8.56. The van der Waals surface area contributed by atoms with E-state index in [0.29, 0.717) is 0 Å². The maximum Gasteiger partial charge on any atom is 0.324 e. The van der Waals surface area contributed by atoms with E-state index in [1.807, 2.05) is 12.1 Å². The molecule has 2 rings (SSSR count). The third-order valence-corrected chi connectivity index (χ3v) is 2.40. The fraction of sp³-hybridized carbons (Fsp3) is 0.200. The Kier molecular flexibility index (Phi) is 2.74. The summed E-state index contributed by atoms with van der Waals surface area (Å²) >= 11 is 0. The van der Waals surface area contributed by atoms with Crippen molar-refractivity contribution in [3.8, 4) is 0 Å². The number of carbonyl (C=O) groups excluding carboxylic acids is 2. The SMILES string of the molecule is NNc1ccc(CN2C(=O)CNC2=O)cc1. The van der Waals surface area contributed by atoms with E-state index in [-0.39, 0.29) is 25.0 Å². The number of nitrogen functional groups attached to an aromatic ring is 1. The lowest BCUT2D eigenvalue weighted by Gasteiger charge is -2.12. The van der Waals surface area contributed by atoms with Crippen molar-refractivity contribution >= 4 is 17.6 Å². The average Bonchev–Trinajstić information content (AvgIpc) is 2.62. The van der Waals surface area contributed by atoms with Crippen molar-refractivity contribution in [1.29, 1.82) is 0 Å². The first-order valence-electron chi connectivity index (χ1n) is 4.84. The van der Waals surface area contributed by atoms with Gasteiger partial charge in [-0.3, -0.25) is 15.5 Å². The van der Waals surface area contributed by atoms with E-state index in [1.54, 1.807) is 12.1 Å². The molecule has 0 spiro atoms. The van der Waals surface area contributed by atoms with Gasteiger partial charge in [-0.2, -0.15) is 0 Å². The number of anilines is 1. The second-order valence-corrected chi connectivity index (χ2v) is 3.48. The van der Waals surface area contributed by atoms with Crippen molar-refractivity contribution in [1.82, 2.24) is 10.2 Å². The molecule has 6 heteroatoms. The summed E-state index contributed by atoms with van der Waals surface area (Å²) in [4.78, 5) is 23.8. The third kappa shape index (κ3) is 1.96. The van der Waals surface area contributed by atoms with E-state index >= 15 is 0 Å². The van der Waals surface area contributed by atoms with Gasteiger partial charge in [0.2, 0.25) is 5.91 Å².